The van der Waals surface area contributed by atoms with Gasteiger partial charge in [-0.1, -0.05) is 40.2 Å². The first-order valence-electron chi connectivity index (χ1n) is 11.1. The van der Waals surface area contributed by atoms with Crippen molar-refractivity contribution in [3.8, 4) is 11.5 Å². The van der Waals surface area contributed by atoms with Crippen molar-refractivity contribution in [3.05, 3.63) is 91.9 Å². The predicted octanol–water partition coefficient (Wildman–Crippen LogP) is 6.16. The lowest BCUT2D eigenvalue weighted by molar-refractivity contribution is -0.122. The SMILES string of the molecule is CCOc1cc(/C=C2/C(=O)NC(=O)N(c3ccc(Br)cc3)C2=O)cc(Br)c1OCc1ccccc1C. The van der Waals surface area contributed by atoms with Crippen molar-refractivity contribution in [2.45, 2.75) is 20.5 Å². The summed E-state index contributed by atoms with van der Waals surface area (Å²) < 4.78 is 13.3. The van der Waals surface area contributed by atoms with Gasteiger partial charge in [-0.15, -0.1) is 0 Å². The Morgan fingerprint density at radius 2 is 1.69 bits per heavy atom. The number of hydrogen-bond donors (Lipinski definition) is 1. The van der Waals surface area contributed by atoms with Crippen LogP contribution in [0.4, 0.5) is 10.5 Å². The molecule has 0 aromatic heterocycles. The summed E-state index contributed by atoms with van der Waals surface area (Å²) in [4.78, 5) is 39.1. The molecular formula is C27H22Br2N2O5. The molecule has 7 nitrogen and oxygen atoms in total. The van der Waals surface area contributed by atoms with E-state index in [0.717, 1.165) is 20.5 Å². The maximum atomic E-state index is 13.2. The second kappa shape index (κ2) is 11.1. The molecule has 1 N–H and O–H groups in total. The first-order valence-corrected chi connectivity index (χ1v) is 12.7. The number of nitrogens with zero attached hydrogens (tertiary/aromatic N) is 1. The van der Waals surface area contributed by atoms with Gasteiger partial charge >= 0.3 is 6.03 Å². The van der Waals surface area contributed by atoms with Crippen LogP contribution in [0.5, 0.6) is 11.5 Å². The van der Waals surface area contributed by atoms with Crippen LogP contribution in [0.1, 0.15) is 23.6 Å². The third-order valence-electron chi connectivity index (χ3n) is 5.46. The van der Waals surface area contributed by atoms with Crippen LogP contribution >= 0.6 is 31.9 Å². The standard InChI is InChI=1S/C27H22Br2N2O5/c1-3-35-23-14-17(13-22(29)24(23)36-15-18-7-5-4-6-16(18)2)12-21-25(32)30-27(34)31(26(21)33)20-10-8-19(28)9-11-20/h4-14H,3,15H2,1-2H3,(H,30,32,34)/b21-12-. The highest BCUT2D eigenvalue weighted by atomic mass is 79.9. The van der Waals surface area contributed by atoms with E-state index in [0.29, 0.717) is 40.4 Å². The van der Waals surface area contributed by atoms with Crippen LogP contribution in [0, 0.1) is 6.92 Å². The molecule has 3 aromatic rings. The smallest absolute Gasteiger partial charge is 0.335 e. The van der Waals surface area contributed by atoms with Crippen molar-refractivity contribution in [3.63, 3.8) is 0 Å². The Bertz CT molecular complexity index is 1370. The van der Waals surface area contributed by atoms with Crippen molar-refractivity contribution in [1.82, 2.24) is 5.32 Å². The number of imide groups is 2. The molecule has 0 bridgehead atoms. The first-order chi connectivity index (χ1) is 17.3. The molecule has 36 heavy (non-hydrogen) atoms. The molecule has 0 spiro atoms. The van der Waals surface area contributed by atoms with Crippen LogP contribution in [0.2, 0.25) is 0 Å². The molecule has 0 aliphatic carbocycles. The third kappa shape index (κ3) is 5.52. The van der Waals surface area contributed by atoms with Crippen molar-refractivity contribution in [2.75, 3.05) is 11.5 Å². The lowest BCUT2D eigenvalue weighted by atomic mass is 10.1. The number of rotatable bonds is 7. The summed E-state index contributed by atoms with van der Waals surface area (Å²) in [6, 6.07) is 17.2. The summed E-state index contributed by atoms with van der Waals surface area (Å²) >= 11 is 6.86. The fraction of sp³-hybridized carbons (Fsp3) is 0.148. The van der Waals surface area contributed by atoms with Crippen LogP contribution in [-0.4, -0.2) is 24.5 Å². The van der Waals surface area contributed by atoms with E-state index < -0.39 is 17.8 Å². The van der Waals surface area contributed by atoms with Gasteiger partial charge < -0.3 is 9.47 Å². The molecule has 0 atom stereocenters. The molecule has 1 fully saturated rings. The largest absolute Gasteiger partial charge is 0.490 e. The van der Waals surface area contributed by atoms with Crippen LogP contribution in [0.15, 0.2) is 75.2 Å². The van der Waals surface area contributed by atoms with Gasteiger partial charge in [0.1, 0.15) is 12.2 Å². The molecule has 1 aliphatic heterocycles. The summed E-state index contributed by atoms with van der Waals surface area (Å²) in [5.41, 5.74) is 2.84. The highest BCUT2D eigenvalue weighted by Gasteiger charge is 2.36. The monoisotopic (exact) mass is 612 g/mol. The van der Waals surface area contributed by atoms with Gasteiger partial charge in [0.05, 0.1) is 16.8 Å². The van der Waals surface area contributed by atoms with Gasteiger partial charge in [0.2, 0.25) is 0 Å². The van der Waals surface area contributed by atoms with E-state index >= 15 is 0 Å². The molecule has 3 aromatic carbocycles. The van der Waals surface area contributed by atoms with Crippen molar-refractivity contribution in [1.29, 1.82) is 0 Å². The Hall–Kier alpha value is -3.43. The van der Waals surface area contributed by atoms with Crippen molar-refractivity contribution < 1.29 is 23.9 Å². The van der Waals surface area contributed by atoms with Gasteiger partial charge in [0, 0.05) is 4.47 Å². The number of ether oxygens (including phenoxy) is 2. The number of halogens is 2. The molecule has 0 unspecified atom stereocenters. The molecule has 9 heteroatoms. The quantitative estimate of drug-likeness (QED) is 0.255. The highest BCUT2D eigenvalue weighted by Crippen LogP contribution is 2.38. The Labute approximate surface area is 225 Å². The molecule has 0 saturated carbocycles. The molecule has 1 saturated heterocycles. The van der Waals surface area contributed by atoms with E-state index in [4.69, 9.17) is 9.47 Å². The predicted molar refractivity (Wildman–Crippen MR) is 144 cm³/mol. The average molecular weight is 614 g/mol. The van der Waals surface area contributed by atoms with Gasteiger partial charge in [-0.3, -0.25) is 14.9 Å². The number of nitrogens with one attached hydrogen (secondary N) is 1. The lowest BCUT2D eigenvalue weighted by Crippen LogP contribution is -2.54. The fourth-order valence-electron chi connectivity index (χ4n) is 3.65. The zero-order valence-corrected chi connectivity index (χ0v) is 22.7. The number of carbonyl (C=O) groups excluding carboxylic acids is 3. The van der Waals surface area contributed by atoms with Crippen LogP contribution in [0.3, 0.4) is 0 Å². The first kappa shape index (κ1) is 25.7. The van der Waals surface area contributed by atoms with E-state index in [1.165, 1.54) is 6.08 Å². The van der Waals surface area contributed by atoms with Crippen LogP contribution in [0.25, 0.3) is 6.08 Å². The van der Waals surface area contributed by atoms with E-state index in [1.807, 2.05) is 38.1 Å². The maximum absolute atomic E-state index is 13.2. The van der Waals surface area contributed by atoms with Gasteiger partial charge in [-0.05, 0) is 88.9 Å². The number of amides is 4. The number of carbonyl (C=O) groups is 3. The number of anilines is 1. The van der Waals surface area contributed by atoms with E-state index in [-0.39, 0.29) is 5.57 Å². The lowest BCUT2D eigenvalue weighted by Gasteiger charge is -2.26. The number of aryl methyl sites for hydroxylation is 1. The minimum Gasteiger partial charge on any atom is -0.490 e. The molecule has 1 aliphatic rings. The fourth-order valence-corrected chi connectivity index (χ4v) is 4.48. The van der Waals surface area contributed by atoms with Crippen molar-refractivity contribution >= 4 is 61.5 Å². The number of benzene rings is 3. The van der Waals surface area contributed by atoms with Crippen LogP contribution in [-0.2, 0) is 16.2 Å². The highest BCUT2D eigenvalue weighted by molar-refractivity contribution is 9.10. The summed E-state index contributed by atoms with van der Waals surface area (Å²) in [6.45, 7) is 4.60. The Morgan fingerprint density at radius 3 is 2.39 bits per heavy atom. The van der Waals surface area contributed by atoms with Gasteiger partial charge in [-0.2, -0.15) is 0 Å². The molecule has 4 rings (SSSR count). The maximum Gasteiger partial charge on any atom is 0.335 e. The topological polar surface area (TPSA) is 84.9 Å². The second-order valence-electron chi connectivity index (χ2n) is 7.91. The minimum atomic E-state index is -0.805. The minimum absolute atomic E-state index is 0.180. The summed E-state index contributed by atoms with van der Waals surface area (Å²) in [5, 5.41) is 2.23. The molecule has 184 valence electrons. The van der Waals surface area contributed by atoms with Crippen LogP contribution < -0.4 is 19.7 Å². The molecule has 4 amide bonds. The third-order valence-corrected chi connectivity index (χ3v) is 6.58. The Balaban J connectivity index is 1.66. The average Bonchev–Trinajstić information content (AvgIpc) is 2.83. The zero-order chi connectivity index (χ0) is 25.8. The summed E-state index contributed by atoms with van der Waals surface area (Å²) in [5.74, 6) is -0.530. The summed E-state index contributed by atoms with van der Waals surface area (Å²) in [7, 11) is 0. The summed E-state index contributed by atoms with van der Waals surface area (Å²) in [6.07, 6.45) is 1.42. The number of hydrogen-bond acceptors (Lipinski definition) is 5. The molecular weight excluding hydrogens is 592 g/mol. The van der Waals surface area contributed by atoms with Gasteiger partial charge in [0.15, 0.2) is 11.5 Å². The Kier molecular flexibility index (Phi) is 7.91. The second-order valence-corrected chi connectivity index (χ2v) is 9.68. The van der Waals surface area contributed by atoms with E-state index in [2.05, 4.69) is 37.2 Å². The Morgan fingerprint density at radius 1 is 0.972 bits per heavy atom. The number of barbiturate groups is 1. The normalized spacial score (nSPS) is 14.7. The van der Waals surface area contributed by atoms with Crippen molar-refractivity contribution in [2.24, 2.45) is 0 Å². The zero-order valence-electron chi connectivity index (χ0n) is 19.5. The van der Waals surface area contributed by atoms with Gasteiger partial charge in [-0.25, -0.2) is 9.69 Å². The van der Waals surface area contributed by atoms with Gasteiger partial charge in [0.25, 0.3) is 11.8 Å². The number of urea groups is 1. The van der Waals surface area contributed by atoms with E-state index in [9.17, 15) is 14.4 Å². The molecule has 0 radical (unpaired) electrons. The molecule has 1 heterocycles. The van der Waals surface area contributed by atoms with E-state index in [1.54, 1.807) is 36.4 Å².